The number of ether oxygens (including phenoxy) is 3. The molecule has 5 aliphatic heterocycles. The van der Waals surface area contributed by atoms with Gasteiger partial charge in [-0.15, -0.1) is 0 Å². The average Bonchev–Trinajstić information content (AvgIpc) is 4.20. The number of Topliss-reactive ketones (excluding diaryl/α,β-unsaturated/α-hetero) is 2. The van der Waals surface area contributed by atoms with Crippen LogP contribution in [0.2, 0.25) is 0 Å². The number of nitrogens with zero attached hydrogens (tertiary/aromatic N) is 4. The highest BCUT2D eigenvalue weighted by molar-refractivity contribution is 6.15. The van der Waals surface area contributed by atoms with E-state index in [0.29, 0.717) is 114 Å². The maximum absolute atomic E-state index is 14.1. The Morgan fingerprint density at radius 3 is 2.16 bits per heavy atom. The summed E-state index contributed by atoms with van der Waals surface area (Å²) >= 11 is 0. The number of carbonyl (C=O) groups excluding carboxylic acids is 7. The van der Waals surface area contributed by atoms with E-state index in [4.69, 9.17) is 19.2 Å². The van der Waals surface area contributed by atoms with Gasteiger partial charge in [0.25, 0.3) is 17.7 Å². The Hall–Kier alpha value is -8.86. The molecule has 80 heavy (non-hydrogen) atoms. The molecular formula is C63H65N7O10. The first-order chi connectivity index (χ1) is 38.6. The lowest BCUT2D eigenvalue weighted by Crippen LogP contribution is -2.39. The summed E-state index contributed by atoms with van der Waals surface area (Å²) in [6.45, 7) is 10.0. The highest BCUT2D eigenvalue weighted by Crippen LogP contribution is 2.42. The molecule has 17 heteroatoms. The molecule has 0 saturated heterocycles. The number of para-hydroxylation sites is 2. The Kier molecular flexibility index (Phi) is 16.1. The Balaban J connectivity index is 0.795. The average molecular weight is 1080 g/mol. The van der Waals surface area contributed by atoms with Gasteiger partial charge in [0.15, 0.2) is 17.3 Å². The summed E-state index contributed by atoms with van der Waals surface area (Å²) in [5.74, 6) is -0.912. The summed E-state index contributed by atoms with van der Waals surface area (Å²) in [5, 5.41) is 9.24. The molecule has 5 aromatic carbocycles. The van der Waals surface area contributed by atoms with Gasteiger partial charge in [-0.05, 0) is 116 Å². The second kappa shape index (κ2) is 23.6. The molecule has 3 N–H and O–H groups in total. The number of methoxy groups -OCH3 is 1. The molecule has 5 amide bonds. The van der Waals surface area contributed by atoms with E-state index in [2.05, 4.69) is 28.6 Å². The van der Waals surface area contributed by atoms with E-state index in [1.54, 1.807) is 60.2 Å². The molecular weight excluding hydrogens is 1010 g/mol. The van der Waals surface area contributed by atoms with Crippen LogP contribution in [0.15, 0.2) is 120 Å². The predicted molar refractivity (Wildman–Crippen MR) is 305 cm³/mol. The second-order valence-electron chi connectivity index (χ2n) is 21.2. The number of amides is 5. The number of benzene rings is 5. The monoisotopic (exact) mass is 1080 g/mol. The summed E-state index contributed by atoms with van der Waals surface area (Å²) < 4.78 is 18.7. The molecule has 0 fully saturated rings. The van der Waals surface area contributed by atoms with E-state index in [9.17, 15) is 33.6 Å². The van der Waals surface area contributed by atoms with Gasteiger partial charge < -0.3 is 40.0 Å². The van der Waals surface area contributed by atoms with Crippen LogP contribution in [0.5, 0.6) is 17.2 Å². The van der Waals surface area contributed by atoms with E-state index < -0.39 is 17.9 Å². The SMILES string of the molecule is C=C1C=CC(=O)N1CCCC(=O)CCCCC(=O)NC(C)C(=O)CC(C)C(=O)Nc1cc(COc2cc3c(cc2C)C(=O)N2c4ccccc4C[C@H]2CN3)cc(COc2cc3c(cc2OC)C(=O)N2c4ccccc4C[C@H]2C=N3)c1. The molecule has 412 valence electrons. The maximum atomic E-state index is 14.1. The van der Waals surface area contributed by atoms with Crippen LogP contribution in [0, 0.1) is 12.8 Å². The number of hydrogen-bond donors (Lipinski definition) is 3. The van der Waals surface area contributed by atoms with E-state index in [1.165, 1.54) is 13.2 Å². The molecule has 5 heterocycles. The number of aryl methyl sites for hydroxylation is 1. The Bertz CT molecular complexity index is 3390. The lowest BCUT2D eigenvalue weighted by atomic mass is 9.99. The van der Waals surface area contributed by atoms with Crippen molar-refractivity contribution in [2.45, 2.75) is 110 Å². The van der Waals surface area contributed by atoms with Crippen LogP contribution in [0.3, 0.4) is 0 Å². The molecule has 5 aromatic rings. The van der Waals surface area contributed by atoms with E-state index in [-0.39, 0.29) is 73.3 Å². The third-order valence-electron chi connectivity index (χ3n) is 15.4. The van der Waals surface area contributed by atoms with Crippen LogP contribution >= 0.6 is 0 Å². The van der Waals surface area contributed by atoms with Crippen molar-refractivity contribution in [3.8, 4) is 17.2 Å². The van der Waals surface area contributed by atoms with Crippen LogP contribution in [0.1, 0.15) is 107 Å². The summed E-state index contributed by atoms with van der Waals surface area (Å²) in [6, 6.07) is 27.3. The summed E-state index contributed by atoms with van der Waals surface area (Å²) in [4.78, 5) is 103. The first kappa shape index (κ1) is 54.5. The zero-order chi connectivity index (χ0) is 56.2. The van der Waals surface area contributed by atoms with E-state index >= 15 is 0 Å². The molecule has 10 rings (SSSR count). The number of allylic oxidation sites excluding steroid dienone is 1. The quantitative estimate of drug-likeness (QED) is 0.0557. The number of aliphatic imine (C=N–C) groups is 1. The highest BCUT2D eigenvalue weighted by Gasteiger charge is 2.39. The number of fused-ring (bicyclic) bond motifs is 8. The van der Waals surface area contributed by atoms with Crippen molar-refractivity contribution in [1.82, 2.24) is 10.2 Å². The number of carbonyl (C=O) groups is 7. The van der Waals surface area contributed by atoms with Crippen molar-refractivity contribution in [3.63, 3.8) is 0 Å². The fraction of sp³-hybridized carbons (Fsp3) is 0.333. The topological polar surface area (TPSA) is 205 Å². The standard InChI is InChI=1S/C63H65N7O10/c1-37-23-49-51(64-33-46-28-43-13-6-9-17-53(43)69(46)62(49)76)31-56(37)79-35-41-25-42(36-80-58-32-52-50(30-57(58)78-5)63(77)70-47(34-65-52)29-44-14-7-10-18-54(44)70)27-45(26-41)67-61(75)38(2)24-55(72)40(4)66-59(73)19-11-8-15-48(71)16-12-22-68-39(3)20-21-60(68)74/h6-7,9-10,13-14,17-18,20-21,23,25-27,30-32,34,38,40,46-47,64H,3,8,11-12,15-16,19,22,24,28-29,33,35-36H2,1-2,4-5H3,(H,66,73)(H,67,75)/t38?,40?,46-,47-/m0/s1. The van der Waals surface area contributed by atoms with Gasteiger partial charge in [-0.2, -0.15) is 0 Å². The predicted octanol–water partition coefficient (Wildman–Crippen LogP) is 9.31. The minimum absolute atomic E-state index is 0.00875. The van der Waals surface area contributed by atoms with Crippen molar-refractivity contribution in [2.75, 3.05) is 40.6 Å². The van der Waals surface area contributed by atoms with Crippen molar-refractivity contribution in [1.29, 1.82) is 0 Å². The number of rotatable bonds is 22. The number of nitrogens with one attached hydrogen (secondary N) is 3. The van der Waals surface area contributed by atoms with E-state index in [0.717, 1.165) is 34.5 Å². The first-order valence-electron chi connectivity index (χ1n) is 27.3. The zero-order valence-electron chi connectivity index (χ0n) is 45.5. The number of ketones is 2. The van der Waals surface area contributed by atoms with E-state index in [1.807, 2.05) is 72.5 Å². The molecule has 5 aliphatic rings. The maximum Gasteiger partial charge on any atom is 0.261 e. The first-order valence-corrected chi connectivity index (χ1v) is 27.3. The van der Waals surface area contributed by atoms with Gasteiger partial charge in [0.2, 0.25) is 11.8 Å². The van der Waals surface area contributed by atoms with Crippen molar-refractivity contribution in [2.24, 2.45) is 10.9 Å². The normalized spacial score (nSPS) is 17.2. The Morgan fingerprint density at radius 2 is 1.44 bits per heavy atom. The molecule has 0 saturated carbocycles. The highest BCUT2D eigenvalue weighted by atomic mass is 16.5. The van der Waals surface area contributed by atoms with Gasteiger partial charge in [-0.3, -0.25) is 43.5 Å². The van der Waals surface area contributed by atoms with Crippen LogP contribution in [-0.4, -0.2) is 90.5 Å². The van der Waals surface area contributed by atoms with Gasteiger partial charge in [-0.1, -0.05) is 49.9 Å². The van der Waals surface area contributed by atoms with Gasteiger partial charge >= 0.3 is 0 Å². The molecule has 4 atom stereocenters. The molecule has 17 nitrogen and oxygen atoms in total. The minimum atomic E-state index is -0.845. The third-order valence-corrected chi connectivity index (χ3v) is 15.4. The van der Waals surface area contributed by atoms with Crippen LogP contribution in [0.25, 0.3) is 0 Å². The van der Waals surface area contributed by atoms with Crippen molar-refractivity contribution < 1.29 is 47.8 Å². The summed E-state index contributed by atoms with van der Waals surface area (Å²) in [5.41, 5.74) is 9.21. The fourth-order valence-corrected chi connectivity index (χ4v) is 11.1. The third kappa shape index (κ3) is 11.8. The largest absolute Gasteiger partial charge is 0.493 e. The molecule has 0 aliphatic carbocycles. The van der Waals surface area contributed by atoms with Crippen LogP contribution < -0.4 is 40.0 Å². The molecule has 0 spiro atoms. The number of unbranched alkanes of at least 4 members (excludes halogenated alkanes) is 1. The number of hydrogen-bond acceptors (Lipinski definition) is 12. The molecule has 2 unspecified atom stereocenters. The van der Waals surface area contributed by atoms with Gasteiger partial charge in [-0.25, -0.2) is 0 Å². The molecule has 0 bridgehead atoms. The van der Waals surface area contributed by atoms with Crippen LogP contribution in [-0.2, 0) is 50.0 Å². The van der Waals surface area contributed by atoms with Gasteiger partial charge in [0.05, 0.1) is 47.7 Å². The van der Waals surface area contributed by atoms with Gasteiger partial charge in [0.1, 0.15) is 24.7 Å². The van der Waals surface area contributed by atoms with Crippen molar-refractivity contribution >= 4 is 75.8 Å². The minimum Gasteiger partial charge on any atom is -0.493 e. The second-order valence-corrected chi connectivity index (χ2v) is 21.2. The Morgan fingerprint density at radius 1 is 0.762 bits per heavy atom. The summed E-state index contributed by atoms with van der Waals surface area (Å²) in [6.07, 6.45) is 8.46. The smallest absolute Gasteiger partial charge is 0.261 e. The molecule has 0 aromatic heterocycles. The molecule has 0 radical (unpaired) electrons. The fourth-order valence-electron chi connectivity index (χ4n) is 11.1. The van der Waals surface area contributed by atoms with Gasteiger partial charge in [0, 0.05) is 98.3 Å². The lowest BCUT2D eigenvalue weighted by molar-refractivity contribution is -0.129. The lowest BCUT2D eigenvalue weighted by Gasteiger charge is -2.22. The number of anilines is 4. The van der Waals surface area contributed by atoms with Crippen LogP contribution in [0.4, 0.5) is 28.4 Å². The summed E-state index contributed by atoms with van der Waals surface area (Å²) in [7, 11) is 1.51. The zero-order valence-corrected chi connectivity index (χ0v) is 45.5. The van der Waals surface area contributed by atoms with Crippen molar-refractivity contribution in [3.05, 3.63) is 154 Å². The Labute approximate surface area is 465 Å².